The molecule has 1 N–H and O–H groups in total. The second-order valence-corrected chi connectivity index (χ2v) is 12.4. The summed E-state index contributed by atoms with van der Waals surface area (Å²) in [6.07, 6.45) is 2.29. The first-order chi connectivity index (χ1) is 19.8. The van der Waals surface area contributed by atoms with Crippen molar-refractivity contribution >= 4 is 33.4 Å². The summed E-state index contributed by atoms with van der Waals surface area (Å²) in [6, 6.07) is 22.3. The van der Waals surface area contributed by atoms with Crippen molar-refractivity contribution in [2.75, 3.05) is 33.4 Å². The lowest BCUT2D eigenvalue weighted by molar-refractivity contribution is -0.141. The van der Waals surface area contributed by atoms with Gasteiger partial charge in [-0.3, -0.25) is 9.59 Å². The molecule has 41 heavy (non-hydrogen) atoms. The summed E-state index contributed by atoms with van der Waals surface area (Å²) >= 11 is 6.09. The number of carbonyl (C=O) groups is 2. The van der Waals surface area contributed by atoms with Crippen LogP contribution in [-0.4, -0.2) is 62.8 Å². The zero-order chi connectivity index (χ0) is 29.2. The lowest BCUT2D eigenvalue weighted by atomic mass is 10.0. The van der Waals surface area contributed by atoms with Crippen LogP contribution in [0.5, 0.6) is 0 Å². The average Bonchev–Trinajstić information content (AvgIpc) is 3.54. The van der Waals surface area contributed by atoms with E-state index in [4.69, 9.17) is 16.3 Å². The Balaban J connectivity index is 1.55. The first-order valence-electron chi connectivity index (χ1n) is 13.7. The molecular formula is C31H36ClN3O5S. The fraction of sp³-hybridized carbons (Fsp3) is 0.355. The Morgan fingerprint density at radius 3 is 2.22 bits per heavy atom. The smallest absolute Gasteiger partial charge is 0.247 e. The van der Waals surface area contributed by atoms with E-state index in [0.29, 0.717) is 43.2 Å². The lowest BCUT2D eigenvalue weighted by Crippen LogP contribution is -2.44. The SMILES string of the molecule is COCCNC(=O)[C@H](c1ccccc1)N(Cc1ccc(Cl)cc1)C(=O)CCc1ccc(S(=O)(=O)N2CCCC2)cc1. The molecule has 218 valence electrons. The number of hydrogen-bond donors (Lipinski definition) is 1. The van der Waals surface area contributed by atoms with Crippen LogP contribution >= 0.6 is 11.6 Å². The number of aryl methyl sites for hydroxylation is 1. The number of benzene rings is 3. The second kappa shape index (κ2) is 14.6. The number of ether oxygens (including phenoxy) is 1. The minimum Gasteiger partial charge on any atom is -0.383 e. The molecule has 2 amide bonds. The van der Waals surface area contributed by atoms with E-state index in [1.54, 1.807) is 48.4 Å². The van der Waals surface area contributed by atoms with Crippen LogP contribution in [0.1, 0.15) is 42.0 Å². The van der Waals surface area contributed by atoms with E-state index in [1.807, 2.05) is 42.5 Å². The van der Waals surface area contributed by atoms with Crippen molar-refractivity contribution < 1.29 is 22.7 Å². The molecule has 0 radical (unpaired) electrons. The molecular weight excluding hydrogens is 562 g/mol. The molecule has 0 saturated carbocycles. The van der Waals surface area contributed by atoms with E-state index in [-0.39, 0.29) is 29.7 Å². The zero-order valence-corrected chi connectivity index (χ0v) is 24.7. The maximum absolute atomic E-state index is 13.8. The predicted octanol–water partition coefficient (Wildman–Crippen LogP) is 4.59. The van der Waals surface area contributed by atoms with E-state index in [1.165, 1.54) is 4.31 Å². The molecule has 8 nitrogen and oxygen atoms in total. The van der Waals surface area contributed by atoms with Crippen molar-refractivity contribution in [3.05, 3.63) is 101 Å². The van der Waals surface area contributed by atoms with Gasteiger partial charge in [0, 0.05) is 44.7 Å². The molecule has 1 aliphatic rings. The number of amides is 2. The second-order valence-electron chi connectivity index (χ2n) is 10.0. The molecule has 3 aromatic carbocycles. The van der Waals surface area contributed by atoms with Crippen molar-refractivity contribution in [3.8, 4) is 0 Å². The molecule has 1 aliphatic heterocycles. The number of carbonyl (C=O) groups excluding carboxylic acids is 2. The number of nitrogens with zero attached hydrogens (tertiary/aromatic N) is 2. The van der Waals surface area contributed by atoms with Crippen molar-refractivity contribution in [2.24, 2.45) is 0 Å². The molecule has 1 fully saturated rings. The van der Waals surface area contributed by atoms with Crippen LogP contribution in [-0.2, 0) is 37.3 Å². The van der Waals surface area contributed by atoms with Crippen LogP contribution in [0.2, 0.25) is 5.02 Å². The molecule has 1 atom stereocenters. The van der Waals surface area contributed by atoms with Crippen LogP contribution in [0.3, 0.4) is 0 Å². The minimum absolute atomic E-state index is 0.139. The van der Waals surface area contributed by atoms with Crippen molar-refractivity contribution in [3.63, 3.8) is 0 Å². The summed E-state index contributed by atoms with van der Waals surface area (Å²) in [4.78, 5) is 29.2. The molecule has 4 rings (SSSR count). The average molecular weight is 598 g/mol. The molecule has 1 saturated heterocycles. The number of rotatable bonds is 13. The Labute approximate surface area is 247 Å². The maximum atomic E-state index is 13.8. The normalized spacial score (nSPS) is 14.5. The molecule has 0 spiro atoms. The van der Waals surface area contributed by atoms with Gasteiger partial charge in [-0.15, -0.1) is 0 Å². The zero-order valence-electron chi connectivity index (χ0n) is 23.2. The highest BCUT2D eigenvalue weighted by molar-refractivity contribution is 7.89. The van der Waals surface area contributed by atoms with Crippen LogP contribution in [0.15, 0.2) is 83.8 Å². The summed E-state index contributed by atoms with van der Waals surface area (Å²) < 4.78 is 32.4. The Morgan fingerprint density at radius 1 is 0.951 bits per heavy atom. The molecule has 0 aromatic heterocycles. The molecule has 1 heterocycles. The van der Waals surface area contributed by atoms with Crippen LogP contribution in [0.4, 0.5) is 0 Å². The van der Waals surface area contributed by atoms with Crippen molar-refractivity contribution in [1.29, 1.82) is 0 Å². The summed E-state index contributed by atoms with van der Waals surface area (Å²) in [5.41, 5.74) is 2.37. The van der Waals surface area contributed by atoms with Gasteiger partial charge in [0.15, 0.2) is 0 Å². The van der Waals surface area contributed by atoms with Gasteiger partial charge in [0.05, 0.1) is 11.5 Å². The van der Waals surface area contributed by atoms with Gasteiger partial charge in [0.25, 0.3) is 0 Å². The fourth-order valence-corrected chi connectivity index (χ4v) is 6.53. The van der Waals surface area contributed by atoms with E-state index < -0.39 is 16.1 Å². The Hall–Kier alpha value is -3.24. The van der Waals surface area contributed by atoms with E-state index in [0.717, 1.165) is 24.0 Å². The molecule has 0 bridgehead atoms. The van der Waals surface area contributed by atoms with Gasteiger partial charge in [-0.2, -0.15) is 4.31 Å². The van der Waals surface area contributed by atoms with Gasteiger partial charge < -0.3 is 15.0 Å². The summed E-state index contributed by atoms with van der Waals surface area (Å²) in [5.74, 6) is -0.503. The first kappa shape index (κ1) is 30.7. The monoisotopic (exact) mass is 597 g/mol. The van der Waals surface area contributed by atoms with Gasteiger partial charge in [-0.25, -0.2) is 8.42 Å². The summed E-state index contributed by atoms with van der Waals surface area (Å²) in [5, 5.41) is 3.47. The molecule has 0 unspecified atom stereocenters. The number of sulfonamides is 1. The largest absolute Gasteiger partial charge is 0.383 e. The number of halogens is 1. The maximum Gasteiger partial charge on any atom is 0.247 e. The lowest BCUT2D eigenvalue weighted by Gasteiger charge is -2.32. The van der Waals surface area contributed by atoms with Crippen molar-refractivity contribution in [1.82, 2.24) is 14.5 Å². The minimum atomic E-state index is -3.50. The van der Waals surface area contributed by atoms with Crippen LogP contribution in [0, 0.1) is 0 Å². The topological polar surface area (TPSA) is 96.0 Å². The van der Waals surface area contributed by atoms with E-state index >= 15 is 0 Å². The Bertz CT molecular complexity index is 1390. The number of methoxy groups -OCH3 is 1. The standard InChI is InChI=1S/C31H36ClN3O5S/c1-40-22-19-33-31(37)30(26-7-3-2-4-8-26)35(23-25-9-14-27(32)15-10-25)29(36)18-13-24-11-16-28(17-12-24)41(38,39)34-20-5-6-21-34/h2-4,7-12,14-17,30H,5-6,13,18-23H2,1H3,(H,33,37)/t30-/m0/s1. The summed E-state index contributed by atoms with van der Waals surface area (Å²) in [7, 11) is -1.94. The highest BCUT2D eigenvalue weighted by atomic mass is 35.5. The van der Waals surface area contributed by atoms with E-state index in [9.17, 15) is 18.0 Å². The van der Waals surface area contributed by atoms with Crippen molar-refractivity contribution in [2.45, 2.75) is 43.2 Å². The Kier molecular flexibility index (Phi) is 10.9. The predicted molar refractivity (Wildman–Crippen MR) is 159 cm³/mol. The van der Waals surface area contributed by atoms with E-state index in [2.05, 4.69) is 5.32 Å². The van der Waals surface area contributed by atoms with Gasteiger partial charge in [0.1, 0.15) is 6.04 Å². The van der Waals surface area contributed by atoms with Gasteiger partial charge >= 0.3 is 0 Å². The third kappa shape index (κ3) is 8.16. The van der Waals surface area contributed by atoms with Crippen LogP contribution < -0.4 is 5.32 Å². The van der Waals surface area contributed by atoms with Gasteiger partial charge in [-0.05, 0) is 60.2 Å². The van der Waals surface area contributed by atoms with Gasteiger partial charge in [-0.1, -0.05) is 66.2 Å². The molecule has 3 aromatic rings. The summed E-state index contributed by atoms with van der Waals surface area (Å²) in [6.45, 7) is 1.96. The highest BCUT2D eigenvalue weighted by Crippen LogP contribution is 2.26. The fourth-order valence-electron chi connectivity index (χ4n) is 4.89. The number of hydrogen-bond acceptors (Lipinski definition) is 5. The first-order valence-corrected chi connectivity index (χ1v) is 15.6. The van der Waals surface area contributed by atoms with Crippen LogP contribution in [0.25, 0.3) is 0 Å². The number of nitrogens with one attached hydrogen (secondary N) is 1. The molecule has 10 heteroatoms. The highest BCUT2D eigenvalue weighted by Gasteiger charge is 2.31. The Morgan fingerprint density at radius 2 is 1.59 bits per heavy atom. The van der Waals surface area contributed by atoms with Gasteiger partial charge in [0.2, 0.25) is 21.8 Å². The molecule has 0 aliphatic carbocycles. The third-order valence-electron chi connectivity index (χ3n) is 7.12. The quantitative estimate of drug-likeness (QED) is 0.291. The third-order valence-corrected chi connectivity index (χ3v) is 9.29.